The van der Waals surface area contributed by atoms with Crippen LogP contribution in [0.25, 0.3) is 0 Å². The average molecular weight is 124 g/mol. The summed E-state index contributed by atoms with van der Waals surface area (Å²) >= 11 is 0. The SMILES string of the molecule is O=CC=CC=CC=CO. The summed E-state index contributed by atoms with van der Waals surface area (Å²) in [6, 6.07) is 0. The van der Waals surface area contributed by atoms with Crippen molar-refractivity contribution in [3.63, 3.8) is 0 Å². The van der Waals surface area contributed by atoms with Gasteiger partial charge in [-0.1, -0.05) is 18.2 Å². The first-order chi connectivity index (χ1) is 4.41. The number of aldehydes is 1. The maximum atomic E-state index is 9.65. The molecule has 0 rings (SSSR count). The molecule has 0 aliphatic rings. The summed E-state index contributed by atoms with van der Waals surface area (Å²) in [5, 5.41) is 8.10. The topological polar surface area (TPSA) is 37.3 Å². The average Bonchev–Trinajstić information content (AvgIpc) is 1.89. The highest BCUT2D eigenvalue weighted by Gasteiger charge is 1.60. The molecular formula is C7H8O2. The van der Waals surface area contributed by atoms with Gasteiger partial charge in [-0.05, 0) is 12.2 Å². The smallest absolute Gasteiger partial charge is 0.142 e. The van der Waals surface area contributed by atoms with Gasteiger partial charge in [0.05, 0.1) is 6.26 Å². The second-order valence-electron chi connectivity index (χ2n) is 1.25. The van der Waals surface area contributed by atoms with Crippen LogP contribution in [0.4, 0.5) is 0 Å². The Morgan fingerprint density at radius 3 is 2.00 bits per heavy atom. The first kappa shape index (κ1) is 7.69. The van der Waals surface area contributed by atoms with Crippen molar-refractivity contribution >= 4 is 6.29 Å². The van der Waals surface area contributed by atoms with Crippen LogP contribution in [0.2, 0.25) is 0 Å². The van der Waals surface area contributed by atoms with Crippen LogP contribution < -0.4 is 0 Å². The highest BCUT2D eigenvalue weighted by Crippen LogP contribution is 1.75. The third-order valence-electron chi connectivity index (χ3n) is 0.609. The molecule has 1 N–H and O–H groups in total. The summed E-state index contributed by atoms with van der Waals surface area (Å²) in [5.74, 6) is 0. The zero-order chi connectivity index (χ0) is 6.95. The Morgan fingerprint density at radius 2 is 1.44 bits per heavy atom. The van der Waals surface area contributed by atoms with Crippen LogP contribution >= 0.6 is 0 Å². The number of hydrogen-bond acceptors (Lipinski definition) is 2. The van der Waals surface area contributed by atoms with Crippen LogP contribution in [0.1, 0.15) is 0 Å². The Labute approximate surface area is 53.8 Å². The Hall–Kier alpha value is -1.31. The largest absolute Gasteiger partial charge is 0.516 e. The zero-order valence-corrected chi connectivity index (χ0v) is 4.90. The molecule has 0 bridgehead atoms. The van der Waals surface area contributed by atoms with E-state index in [1.165, 1.54) is 12.2 Å². The fraction of sp³-hybridized carbons (Fsp3) is 0. The molecule has 0 aromatic rings. The molecular weight excluding hydrogens is 116 g/mol. The molecule has 9 heavy (non-hydrogen) atoms. The third kappa shape index (κ3) is 6.69. The van der Waals surface area contributed by atoms with E-state index in [0.717, 1.165) is 6.26 Å². The van der Waals surface area contributed by atoms with E-state index in [4.69, 9.17) is 5.11 Å². The summed E-state index contributed by atoms with van der Waals surface area (Å²) in [6.45, 7) is 0. The van der Waals surface area contributed by atoms with Gasteiger partial charge in [0.2, 0.25) is 0 Å². The van der Waals surface area contributed by atoms with E-state index in [0.29, 0.717) is 6.29 Å². The third-order valence-corrected chi connectivity index (χ3v) is 0.609. The van der Waals surface area contributed by atoms with E-state index in [-0.39, 0.29) is 0 Å². The normalized spacial score (nSPS) is 12.0. The van der Waals surface area contributed by atoms with Gasteiger partial charge in [-0.3, -0.25) is 4.79 Å². The Bertz CT molecular complexity index is 143. The predicted octanol–water partition coefficient (Wildman–Crippen LogP) is 1.37. The van der Waals surface area contributed by atoms with Crippen LogP contribution in [-0.2, 0) is 4.79 Å². The highest BCUT2D eigenvalue weighted by molar-refractivity contribution is 5.65. The van der Waals surface area contributed by atoms with Gasteiger partial charge in [-0.15, -0.1) is 0 Å². The number of aliphatic hydroxyl groups excluding tert-OH is 1. The van der Waals surface area contributed by atoms with Crippen molar-refractivity contribution in [3.8, 4) is 0 Å². The number of rotatable bonds is 3. The van der Waals surface area contributed by atoms with Crippen molar-refractivity contribution in [2.45, 2.75) is 0 Å². The summed E-state index contributed by atoms with van der Waals surface area (Å²) in [5.41, 5.74) is 0. The van der Waals surface area contributed by atoms with E-state index >= 15 is 0 Å². The number of carbonyl (C=O) groups is 1. The predicted molar refractivity (Wildman–Crippen MR) is 36.1 cm³/mol. The van der Waals surface area contributed by atoms with Crippen molar-refractivity contribution in [3.05, 3.63) is 36.6 Å². The van der Waals surface area contributed by atoms with Crippen molar-refractivity contribution < 1.29 is 9.90 Å². The molecule has 0 spiro atoms. The Morgan fingerprint density at radius 1 is 0.889 bits per heavy atom. The van der Waals surface area contributed by atoms with Crippen LogP contribution in [0.15, 0.2) is 36.6 Å². The number of aliphatic hydroxyl groups is 1. The first-order valence-electron chi connectivity index (χ1n) is 2.49. The minimum atomic E-state index is 0.688. The second kappa shape index (κ2) is 6.69. The van der Waals surface area contributed by atoms with E-state index in [2.05, 4.69) is 0 Å². The molecule has 2 nitrogen and oxygen atoms in total. The molecule has 0 aliphatic heterocycles. The minimum Gasteiger partial charge on any atom is -0.516 e. The summed E-state index contributed by atoms with van der Waals surface area (Å²) in [7, 11) is 0. The molecule has 0 heterocycles. The van der Waals surface area contributed by atoms with Crippen molar-refractivity contribution in [2.24, 2.45) is 0 Å². The zero-order valence-electron chi connectivity index (χ0n) is 4.90. The van der Waals surface area contributed by atoms with Gasteiger partial charge in [0, 0.05) is 0 Å². The fourth-order valence-electron chi connectivity index (χ4n) is 0.288. The lowest BCUT2D eigenvalue weighted by Gasteiger charge is -1.68. The van der Waals surface area contributed by atoms with Crippen LogP contribution in [-0.4, -0.2) is 11.4 Å². The summed E-state index contributed by atoms with van der Waals surface area (Å²) in [6.07, 6.45) is 9.25. The molecule has 0 aromatic heterocycles. The minimum absolute atomic E-state index is 0.688. The second-order valence-corrected chi connectivity index (χ2v) is 1.25. The summed E-state index contributed by atoms with van der Waals surface area (Å²) < 4.78 is 0. The van der Waals surface area contributed by atoms with E-state index in [1.807, 2.05) is 0 Å². The van der Waals surface area contributed by atoms with Crippen molar-refractivity contribution in [1.82, 2.24) is 0 Å². The van der Waals surface area contributed by atoms with Gasteiger partial charge < -0.3 is 5.11 Å². The maximum Gasteiger partial charge on any atom is 0.142 e. The molecule has 0 amide bonds. The van der Waals surface area contributed by atoms with Gasteiger partial charge in [0.25, 0.3) is 0 Å². The molecule has 0 fully saturated rings. The van der Waals surface area contributed by atoms with Crippen molar-refractivity contribution in [2.75, 3.05) is 0 Å². The van der Waals surface area contributed by atoms with Crippen molar-refractivity contribution in [1.29, 1.82) is 0 Å². The first-order valence-corrected chi connectivity index (χ1v) is 2.49. The molecule has 0 unspecified atom stereocenters. The van der Waals surface area contributed by atoms with E-state index in [1.54, 1.807) is 18.2 Å². The molecule has 0 saturated heterocycles. The van der Waals surface area contributed by atoms with E-state index < -0.39 is 0 Å². The standard InChI is InChI=1S/C7H8O2/c8-6-4-2-1-3-5-7-9/h1-8H. The maximum absolute atomic E-state index is 9.65. The quantitative estimate of drug-likeness (QED) is 0.267. The van der Waals surface area contributed by atoms with Gasteiger partial charge in [-0.2, -0.15) is 0 Å². The van der Waals surface area contributed by atoms with Gasteiger partial charge in [-0.25, -0.2) is 0 Å². The van der Waals surface area contributed by atoms with Crippen LogP contribution in [0, 0.1) is 0 Å². The van der Waals surface area contributed by atoms with Gasteiger partial charge in [0.15, 0.2) is 0 Å². The Balaban J connectivity index is 3.46. The number of carbonyl (C=O) groups excluding carboxylic acids is 1. The summed E-state index contributed by atoms with van der Waals surface area (Å²) in [4.78, 5) is 9.65. The molecule has 0 aromatic carbocycles. The molecule has 0 atom stereocenters. The lowest BCUT2D eigenvalue weighted by Crippen LogP contribution is -1.55. The number of hydrogen-bond donors (Lipinski definition) is 1. The van der Waals surface area contributed by atoms with Crippen LogP contribution in [0.3, 0.4) is 0 Å². The number of allylic oxidation sites excluding steroid dienone is 5. The lowest BCUT2D eigenvalue weighted by atomic mass is 10.4. The molecule has 0 radical (unpaired) electrons. The molecule has 48 valence electrons. The fourth-order valence-corrected chi connectivity index (χ4v) is 0.288. The lowest BCUT2D eigenvalue weighted by molar-refractivity contribution is -0.104. The molecule has 0 aliphatic carbocycles. The van der Waals surface area contributed by atoms with Gasteiger partial charge >= 0.3 is 0 Å². The molecule has 0 saturated carbocycles. The highest BCUT2D eigenvalue weighted by atomic mass is 16.2. The monoisotopic (exact) mass is 124 g/mol. The van der Waals surface area contributed by atoms with Crippen LogP contribution in [0.5, 0.6) is 0 Å². The Kier molecular flexibility index (Phi) is 5.72. The molecule has 2 heteroatoms. The van der Waals surface area contributed by atoms with E-state index in [9.17, 15) is 4.79 Å². The van der Waals surface area contributed by atoms with Gasteiger partial charge in [0.1, 0.15) is 6.29 Å².